The van der Waals surface area contributed by atoms with Gasteiger partial charge in [0.2, 0.25) is 0 Å². The second kappa shape index (κ2) is 5.65. The zero-order valence-corrected chi connectivity index (χ0v) is 12.0. The van der Waals surface area contributed by atoms with E-state index in [-0.39, 0.29) is 6.04 Å². The lowest BCUT2D eigenvalue weighted by molar-refractivity contribution is 0.318. The fourth-order valence-corrected chi connectivity index (χ4v) is 3.63. The number of rotatable bonds is 4. The molecule has 0 aliphatic carbocycles. The molecule has 102 valence electrons. The summed E-state index contributed by atoms with van der Waals surface area (Å²) in [6.07, 6.45) is 2.19. The molecule has 3 N–H and O–H groups in total. The van der Waals surface area contributed by atoms with Crippen molar-refractivity contribution in [3.05, 3.63) is 0 Å². The van der Waals surface area contributed by atoms with Crippen LogP contribution in [0.3, 0.4) is 0 Å². The average Bonchev–Trinajstić information content (AvgIpc) is 2.14. The molecule has 1 saturated heterocycles. The van der Waals surface area contributed by atoms with Crippen molar-refractivity contribution in [3.63, 3.8) is 0 Å². The molecule has 0 saturated carbocycles. The molecule has 5 nitrogen and oxygen atoms in total. The third kappa shape index (κ3) is 5.81. The van der Waals surface area contributed by atoms with Crippen LogP contribution in [0.25, 0.3) is 0 Å². The van der Waals surface area contributed by atoms with E-state index in [4.69, 9.17) is 0 Å². The van der Waals surface area contributed by atoms with Crippen LogP contribution < -0.4 is 14.8 Å². The van der Waals surface area contributed by atoms with Gasteiger partial charge in [-0.3, -0.25) is 0 Å². The lowest BCUT2D eigenvalue weighted by atomic mass is 9.94. The monoisotopic (exact) mass is 263 g/mol. The molecule has 1 aliphatic rings. The number of hydrogen-bond acceptors (Lipinski definition) is 3. The number of hydrogen-bond donors (Lipinski definition) is 3. The quantitative estimate of drug-likeness (QED) is 0.695. The van der Waals surface area contributed by atoms with Crippen molar-refractivity contribution in [1.29, 1.82) is 0 Å². The Morgan fingerprint density at radius 3 is 2.47 bits per heavy atom. The highest BCUT2D eigenvalue weighted by atomic mass is 32.2. The molecular weight excluding hydrogens is 238 g/mol. The van der Waals surface area contributed by atoms with Crippen molar-refractivity contribution in [2.24, 2.45) is 5.92 Å². The average molecular weight is 263 g/mol. The third-order valence-electron chi connectivity index (χ3n) is 2.82. The van der Waals surface area contributed by atoms with E-state index in [1.54, 1.807) is 0 Å². The number of nitrogens with one attached hydrogen (secondary N) is 3. The SMILES string of the molecule is CC(NS(=O)(=O)NC(C)(C)C)C1CCCNC1. The molecule has 6 heteroatoms. The lowest BCUT2D eigenvalue weighted by Crippen LogP contribution is -2.52. The minimum Gasteiger partial charge on any atom is -0.316 e. The van der Waals surface area contributed by atoms with E-state index < -0.39 is 15.7 Å². The first-order valence-electron chi connectivity index (χ1n) is 6.21. The zero-order valence-electron chi connectivity index (χ0n) is 11.2. The summed E-state index contributed by atoms with van der Waals surface area (Å²) >= 11 is 0. The molecule has 1 aliphatic heterocycles. The molecule has 0 aromatic carbocycles. The first kappa shape index (κ1) is 14.9. The van der Waals surface area contributed by atoms with Gasteiger partial charge in [-0.15, -0.1) is 0 Å². The highest BCUT2D eigenvalue weighted by Crippen LogP contribution is 2.14. The van der Waals surface area contributed by atoms with Crippen LogP contribution in [0.2, 0.25) is 0 Å². The van der Waals surface area contributed by atoms with Crippen molar-refractivity contribution in [1.82, 2.24) is 14.8 Å². The Balaban J connectivity index is 2.51. The van der Waals surface area contributed by atoms with Crippen LogP contribution in [0.15, 0.2) is 0 Å². The molecule has 1 rings (SSSR count). The molecule has 2 unspecified atom stereocenters. The molecule has 1 fully saturated rings. The van der Waals surface area contributed by atoms with Crippen LogP contribution in [0.4, 0.5) is 0 Å². The molecule has 0 amide bonds. The van der Waals surface area contributed by atoms with E-state index in [9.17, 15) is 8.42 Å². The maximum atomic E-state index is 11.9. The Morgan fingerprint density at radius 2 is 2.00 bits per heavy atom. The highest BCUT2D eigenvalue weighted by Gasteiger charge is 2.26. The Kier molecular flexibility index (Phi) is 4.95. The van der Waals surface area contributed by atoms with Crippen LogP contribution in [-0.2, 0) is 10.2 Å². The van der Waals surface area contributed by atoms with E-state index in [2.05, 4.69) is 14.8 Å². The van der Waals surface area contributed by atoms with Gasteiger partial charge in [0.1, 0.15) is 0 Å². The predicted octanol–water partition coefficient (Wildman–Crippen LogP) is 0.597. The van der Waals surface area contributed by atoms with Gasteiger partial charge in [0.05, 0.1) is 0 Å². The summed E-state index contributed by atoms with van der Waals surface area (Å²) in [6.45, 7) is 9.35. The lowest BCUT2D eigenvalue weighted by Gasteiger charge is -2.30. The maximum absolute atomic E-state index is 11.9. The van der Waals surface area contributed by atoms with Crippen LogP contribution in [0.5, 0.6) is 0 Å². The largest absolute Gasteiger partial charge is 0.316 e. The van der Waals surface area contributed by atoms with Gasteiger partial charge >= 0.3 is 0 Å². The van der Waals surface area contributed by atoms with Crippen molar-refractivity contribution in [2.45, 2.75) is 52.1 Å². The normalized spacial score (nSPS) is 24.6. The van der Waals surface area contributed by atoms with E-state index in [1.165, 1.54) is 0 Å². The van der Waals surface area contributed by atoms with Crippen LogP contribution in [0.1, 0.15) is 40.5 Å². The molecule has 0 spiro atoms. The van der Waals surface area contributed by atoms with Gasteiger partial charge < -0.3 is 5.32 Å². The fourth-order valence-electron chi connectivity index (χ4n) is 2.08. The van der Waals surface area contributed by atoms with Crippen LogP contribution in [-0.4, -0.2) is 33.1 Å². The van der Waals surface area contributed by atoms with Gasteiger partial charge in [0, 0.05) is 11.6 Å². The molecule has 0 aromatic heterocycles. The molecule has 0 bridgehead atoms. The van der Waals surface area contributed by atoms with Crippen LogP contribution in [0, 0.1) is 5.92 Å². The summed E-state index contributed by atoms with van der Waals surface area (Å²) in [5.74, 6) is 0.375. The molecule has 0 aromatic rings. The topological polar surface area (TPSA) is 70.2 Å². The highest BCUT2D eigenvalue weighted by molar-refractivity contribution is 7.87. The first-order chi connectivity index (χ1) is 7.70. The first-order valence-corrected chi connectivity index (χ1v) is 7.70. The standard InChI is InChI=1S/C11H25N3O2S/c1-9(10-6-5-7-12-8-10)13-17(15,16)14-11(2,3)4/h9-10,12-14H,5-8H2,1-4H3. The molecule has 0 radical (unpaired) electrons. The Bertz CT molecular complexity index is 329. The summed E-state index contributed by atoms with van der Waals surface area (Å²) in [5.41, 5.74) is -0.448. The minimum atomic E-state index is -3.42. The van der Waals surface area contributed by atoms with Crippen molar-refractivity contribution < 1.29 is 8.42 Å². The van der Waals surface area contributed by atoms with Gasteiger partial charge in [-0.25, -0.2) is 0 Å². The van der Waals surface area contributed by atoms with Crippen molar-refractivity contribution in [3.8, 4) is 0 Å². The van der Waals surface area contributed by atoms with Gasteiger partial charge in [-0.05, 0) is 59.5 Å². The molecular formula is C11H25N3O2S. The predicted molar refractivity (Wildman–Crippen MR) is 70.0 cm³/mol. The summed E-state index contributed by atoms with van der Waals surface area (Å²) in [5, 5.41) is 3.29. The minimum absolute atomic E-state index is 0.0392. The van der Waals surface area contributed by atoms with Crippen molar-refractivity contribution >= 4 is 10.2 Å². The second-order valence-electron chi connectivity index (χ2n) is 5.87. The van der Waals surface area contributed by atoms with Gasteiger partial charge in [-0.1, -0.05) is 0 Å². The van der Waals surface area contributed by atoms with Crippen molar-refractivity contribution in [2.75, 3.05) is 13.1 Å². The summed E-state index contributed by atoms with van der Waals surface area (Å²) in [4.78, 5) is 0. The Morgan fingerprint density at radius 1 is 1.35 bits per heavy atom. The van der Waals surface area contributed by atoms with E-state index in [0.717, 1.165) is 25.9 Å². The molecule has 2 atom stereocenters. The zero-order chi connectivity index (χ0) is 13.1. The fraction of sp³-hybridized carbons (Fsp3) is 1.00. The molecule has 1 heterocycles. The summed E-state index contributed by atoms with van der Waals surface area (Å²) < 4.78 is 29.0. The summed E-state index contributed by atoms with van der Waals surface area (Å²) in [7, 11) is -3.42. The number of piperidine rings is 1. The molecule has 17 heavy (non-hydrogen) atoms. The second-order valence-corrected chi connectivity index (χ2v) is 7.32. The Hall–Kier alpha value is -0.170. The van der Waals surface area contributed by atoms with E-state index >= 15 is 0 Å². The Labute approximate surface area is 105 Å². The smallest absolute Gasteiger partial charge is 0.277 e. The van der Waals surface area contributed by atoms with E-state index in [1.807, 2.05) is 27.7 Å². The van der Waals surface area contributed by atoms with Gasteiger partial charge in [-0.2, -0.15) is 17.9 Å². The van der Waals surface area contributed by atoms with Crippen LogP contribution >= 0.6 is 0 Å². The van der Waals surface area contributed by atoms with Gasteiger partial charge in [0.15, 0.2) is 0 Å². The van der Waals surface area contributed by atoms with E-state index in [0.29, 0.717) is 5.92 Å². The maximum Gasteiger partial charge on any atom is 0.277 e. The van der Waals surface area contributed by atoms with Gasteiger partial charge in [0.25, 0.3) is 10.2 Å². The summed E-state index contributed by atoms with van der Waals surface area (Å²) in [6, 6.07) is -0.0392. The third-order valence-corrected chi connectivity index (χ3v) is 4.39.